The first-order valence-electron chi connectivity index (χ1n) is 9.52. The molecule has 7 nitrogen and oxygen atoms in total. The molecule has 1 aromatic carbocycles. The van der Waals surface area contributed by atoms with Gasteiger partial charge in [-0.1, -0.05) is 18.7 Å². The molecular weight excluding hydrogens is 421 g/mol. The Morgan fingerprint density at radius 1 is 1.29 bits per heavy atom. The number of carbonyl (C=O) groups excluding carboxylic acids is 1. The predicted molar refractivity (Wildman–Crippen MR) is 120 cm³/mol. The lowest BCUT2D eigenvalue weighted by Gasteiger charge is -2.18. The van der Waals surface area contributed by atoms with E-state index >= 15 is 0 Å². The summed E-state index contributed by atoms with van der Waals surface area (Å²) < 4.78 is 44.2. The average molecular weight is 444 g/mol. The highest BCUT2D eigenvalue weighted by Gasteiger charge is 2.25. The second kappa shape index (κ2) is 9.57. The molecule has 3 rings (SSSR count). The molecule has 0 atom stereocenters. The number of hydrogen-bond acceptors (Lipinski definition) is 5. The number of amides is 1. The fraction of sp³-hybridized carbons (Fsp3) is 0.182. The van der Waals surface area contributed by atoms with Crippen LogP contribution in [0, 0.1) is 5.82 Å². The van der Waals surface area contributed by atoms with Gasteiger partial charge in [0.25, 0.3) is 5.91 Å². The van der Waals surface area contributed by atoms with E-state index < -0.39 is 22.6 Å². The number of hydrogen-bond donors (Lipinski definition) is 2. The number of pyridine rings is 1. The number of allylic oxidation sites excluding steroid dienone is 1. The number of halogens is 1. The second-order valence-corrected chi connectivity index (χ2v) is 7.60. The Labute approximate surface area is 181 Å². The fourth-order valence-corrected chi connectivity index (χ4v) is 3.81. The third-order valence-electron chi connectivity index (χ3n) is 4.69. The first kappa shape index (κ1) is 22.2. The number of unbranched alkanes of at least 4 members (excludes halogenated alkanes) is 1. The van der Waals surface area contributed by atoms with E-state index in [0.717, 1.165) is 4.31 Å². The van der Waals surface area contributed by atoms with Crippen molar-refractivity contribution in [2.75, 3.05) is 17.9 Å². The van der Waals surface area contributed by atoms with Crippen molar-refractivity contribution >= 4 is 39.8 Å². The molecule has 1 amide bonds. The summed E-state index contributed by atoms with van der Waals surface area (Å²) in [7, 11) is -1.49. The molecule has 2 aromatic heterocycles. The van der Waals surface area contributed by atoms with Crippen LogP contribution in [0.2, 0.25) is 0 Å². The summed E-state index contributed by atoms with van der Waals surface area (Å²) in [5.74, 6) is -0.477. The lowest BCUT2D eigenvalue weighted by Crippen LogP contribution is -2.24. The second-order valence-electron chi connectivity index (χ2n) is 6.64. The van der Waals surface area contributed by atoms with Crippen molar-refractivity contribution in [2.45, 2.75) is 12.8 Å². The highest BCUT2D eigenvalue weighted by Crippen LogP contribution is 2.36. The summed E-state index contributed by atoms with van der Waals surface area (Å²) in [6.45, 7) is 7.60. The highest BCUT2D eigenvalue weighted by molar-refractivity contribution is 7.74. The molecule has 31 heavy (non-hydrogen) atoms. The number of furan rings is 1. The number of nitrogens with one attached hydrogen (secondary N) is 1. The zero-order chi connectivity index (χ0) is 22.5. The third-order valence-corrected chi connectivity index (χ3v) is 5.47. The molecule has 0 radical (unpaired) electrons. The quantitative estimate of drug-likeness (QED) is 0.297. The van der Waals surface area contributed by atoms with Crippen LogP contribution in [0.4, 0.5) is 10.2 Å². The summed E-state index contributed by atoms with van der Waals surface area (Å²) in [6.07, 6.45) is 4.38. The normalized spacial score (nSPS) is 10.9. The number of anilines is 1. The Hall–Kier alpha value is -3.46. The van der Waals surface area contributed by atoms with Gasteiger partial charge in [0.15, 0.2) is 5.82 Å². The lowest BCUT2D eigenvalue weighted by atomic mass is 10.0. The van der Waals surface area contributed by atoms with Crippen LogP contribution in [0.1, 0.15) is 28.8 Å². The number of fused-ring (bicyclic) bond motifs is 1. The van der Waals surface area contributed by atoms with Gasteiger partial charge in [-0.25, -0.2) is 12.8 Å². The van der Waals surface area contributed by atoms with E-state index in [4.69, 9.17) is 4.42 Å². The number of benzene rings is 1. The maximum Gasteiger partial charge on any atom is 0.255 e. The Morgan fingerprint density at radius 3 is 2.58 bits per heavy atom. The van der Waals surface area contributed by atoms with Gasteiger partial charge in [0.1, 0.15) is 11.6 Å². The van der Waals surface area contributed by atoms with Gasteiger partial charge in [0.2, 0.25) is 16.6 Å². The van der Waals surface area contributed by atoms with Crippen LogP contribution in [-0.2, 0) is 10.9 Å². The first-order chi connectivity index (χ1) is 14.9. The standard InChI is InChI=1S/C22H22FN3O4S/c1-4-6-7-12-26(31(28)29)20-14(5-2)13-17-18(21(27)24-3)19(30-22(17)25-20)15-8-10-16(23)11-9-15/h4-5,8-11,13,31H,1-2,6-7,12H2,3H3,(H,24,27). The van der Waals surface area contributed by atoms with Crippen molar-refractivity contribution in [1.29, 1.82) is 0 Å². The first-order valence-corrected chi connectivity index (χ1v) is 10.6. The van der Waals surface area contributed by atoms with Crippen molar-refractivity contribution in [3.8, 4) is 11.3 Å². The van der Waals surface area contributed by atoms with Crippen molar-refractivity contribution in [3.05, 3.63) is 66.5 Å². The summed E-state index contributed by atoms with van der Waals surface area (Å²) in [6, 6.07) is 7.11. The summed E-state index contributed by atoms with van der Waals surface area (Å²) >= 11 is 0. The monoisotopic (exact) mass is 443 g/mol. The SMILES string of the molecule is C=CCCCN(c1nc2oc(-c3ccc(F)cc3)c(C(=O)NC)c2cc1C=C)[SH](=O)=O. The average Bonchev–Trinajstić information content (AvgIpc) is 3.13. The minimum Gasteiger partial charge on any atom is -0.437 e. The van der Waals surface area contributed by atoms with E-state index in [2.05, 4.69) is 23.5 Å². The molecule has 0 bridgehead atoms. The van der Waals surface area contributed by atoms with E-state index in [1.54, 1.807) is 12.1 Å². The van der Waals surface area contributed by atoms with Gasteiger partial charge in [-0.05, 0) is 43.2 Å². The fourth-order valence-electron chi connectivity index (χ4n) is 3.19. The van der Waals surface area contributed by atoms with Crippen molar-refractivity contribution in [3.63, 3.8) is 0 Å². The molecule has 0 aliphatic heterocycles. The molecule has 0 fully saturated rings. The van der Waals surface area contributed by atoms with E-state index in [9.17, 15) is 17.6 Å². The van der Waals surface area contributed by atoms with E-state index in [-0.39, 0.29) is 29.4 Å². The van der Waals surface area contributed by atoms with Crippen molar-refractivity contribution < 1.29 is 22.0 Å². The van der Waals surface area contributed by atoms with E-state index in [0.29, 0.717) is 29.4 Å². The van der Waals surface area contributed by atoms with Crippen LogP contribution in [0.5, 0.6) is 0 Å². The number of carbonyl (C=O) groups is 1. The largest absolute Gasteiger partial charge is 0.437 e. The van der Waals surface area contributed by atoms with Crippen LogP contribution < -0.4 is 9.62 Å². The van der Waals surface area contributed by atoms with E-state index in [1.165, 1.54) is 37.4 Å². The smallest absolute Gasteiger partial charge is 0.255 e. The highest BCUT2D eigenvalue weighted by atomic mass is 32.2. The molecule has 0 aliphatic rings. The number of thiol groups is 1. The van der Waals surface area contributed by atoms with Crippen LogP contribution in [-0.4, -0.2) is 32.9 Å². The van der Waals surface area contributed by atoms with Gasteiger partial charge >= 0.3 is 0 Å². The number of nitrogens with zero attached hydrogens (tertiary/aromatic N) is 2. The Kier molecular flexibility index (Phi) is 6.86. The molecule has 0 saturated heterocycles. The van der Waals surface area contributed by atoms with Crippen LogP contribution in [0.25, 0.3) is 28.5 Å². The van der Waals surface area contributed by atoms with Crippen LogP contribution >= 0.6 is 0 Å². The summed E-state index contributed by atoms with van der Waals surface area (Å²) in [5.41, 5.74) is 1.22. The molecule has 3 aromatic rings. The van der Waals surface area contributed by atoms with Gasteiger partial charge in [0, 0.05) is 24.7 Å². The van der Waals surface area contributed by atoms with E-state index in [1.807, 2.05) is 0 Å². The van der Waals surface area contributed by atoms with Crippen molar-refractivity contribution in [1.82, 2.24) is 10.3 Å². The minimum absolute atomic E-state index is 0.0871. The molecule has 0 spiro atoms. The van der Waals surface area contributed by atoms with Crippen LogP contribution in [0.3, 0.4) is 0 Å². The van der Waals surface area contributed by atoms with Gasteiger partial charge in [-0.15, -0.1) is 6.58 Å². The minimum atomic E-state index is -2.97. The van der Waals surface area contributed by atoms with Gasteiger partial charge in [-0.2, -0.15) is 4.98 Å². The molecule has 0 saturated carbocycles. The van der Waals surface area contributed by atoms with Crippen LogP contribution in [0.15, 0.2) is 54.0 Å². The molecule has 162 valence electrons. The Balaban J connectivity index is 2.24. The summed E-state index contributed by atoms with van der Waals surface area (Å²) in [5, 5.41) is 2.96. The molecule has 0 aliphatic carbocycles. The maximum absolute atomic E-state index is 13.4. The maximum atomic E-state index is 13.4. The molecule has 9 heteroatoms. The Bertz CT molecular complexity index is 1210. The third kappa shape index (κ3) is 4.51. The number of aromatic nitrogens is 1. The zero-order valence-electron chi connectivity index (χ0n) is 16.9. The summed E-state index contributed by atoms with van der Waals surface area (Å²) in [4.78, 5) is 17.0. The predicted octanol–water partition coefficient (Wildman–Crippen LogP) is 3.94. The number of rotatable bonds is 9. The lowest BCUT2D eigenvalue weighted by molar-refractivity contribution is 0.0964. The Morgan fingerprint density at radius 2 is 2.00 bits per heavy atom. The van der Waals surface area contributed by atoms with Crippen molar-refractivity contribution in [2.24, 2.45) is 0 Å². The molecule has 2 heterocycles. The molecular formula is C22H22FN3O4S. The van der Waals surface area contributed by atoms with Gasteiger partial charge < -0.3 is 9.73 Å². The zero-order valence-corrected chi connectivity index (χ0v) is 17.8. The topological polar surface area (TPSA) is 92.5 Å². The van der Waals surface area contributed by atoms with Gasteiger partial charge in [0.05, 0.1) is 10.9 Å². The molecule has 0 unspecified atom stereocenters. The molecule has 1 N–H and O–H groups in total. The van der Waals surface area contributed by atoms with Gasteiger partial charge in [-0.3, -0.25) is 9.10 Å².